The number of ether oxygens (including phenoxy) is 1. The summed E-state index contributed by atoms with van der Waals surface area (Å²) in [6, 6.07) is 12.0. The lowest BCUT2D eigenvalue weighted by Gasteiger charge is -2.29. The van der Waals surface area contributed by atoms with Crippen molar-refractivity contribution in [3.63, 3.8) is 0 Å². The van der Waals surface area contributed by atoms with Crippen molar-refractivity contribution in [3.05, 3.63) is 52.5 Å². The number of anilines is 1. The van der Waals surface area contributed by atoms with Crippen LogP contribution in [0.15, 0.2) is 36.4 Å². The van der Waals surface area contributed by atoms with Crippen molar-refractivity contribution >= 4 is 34.2 Å². The van der Waals surface area contributed by atoms with Crippen LogP contribution in [0.25, 0.3) is 22.2 Å². The van der Waals surface area contributed by atoms with Gasteiger partial charge in [-0.05, 0) is 61.1 Å². The monoisotopic (exact) mass is 521 g/mol. The first kappa shape index (κ1) is 24.8. The van der Waals surface area contributed by atoms with Crippen molar-refractivity contribution < 1.29 is 14.6 Å². The number of carboxylic acids is 1. The van der Waals surface area contributed by atoms with Crippen LogP contribution in [-0.4, -0.2) is 66.5 Å². The maximum absolute atomic E-state index is 11.9. The van der Waals surface area contributed by atoms with Crippen LogP contribution in [0.3, 0.4) is 0 Å². The maximum Gasteiger partial charge on any atom is 0.335 e. The van der Waals surface area contributed by atoms with Gasteiger partial charge in [-0.1, -0.05) is 36.9 Å². The molecule has 3 aliphatic rings. The van der Waals surface area contributed by atoms with Crippen LogP contribution in [0.2, 0.25) is 5.02 Å². The van der Waals surface area contributed by atoms with Crippen LogP contribution in [-0.2, 0) is 11.3 Å². The lowest BCUT2D eigenvalue weighted by atomic mass is 9.81. The van der Waals surface area contributed by atoms with Gasteiger partial charge in [0, 0.05) is 73.1 Å². The summed E-state index contributed by atoms with van der Waals surface area (Å²) in [5.41, 5.74) is 6.47. The second-order valence-corrected chi connectivity index (χ2v) is 11.2. The molecule has 2 aliphatic heterocycles. The van der Waals surface area contributed by atoms with Crippen LogP contribution in [0.4, 0.5) is 5.69 Å². The summed E-state index contributed by atoms with van der Waals surface area (Å²) in [5.74, 6) is -0.379. The van der Waals surface area contributed by atoms with Crippen LogP contribution in [0.1, 0.15) is 60.4 Å². The molecule has 6 nitrogen and oxygen atoms in total. The van der Waals surface area contributed by atoms with E-state index in [2.05, 4.69) is 32.6 Å². The third-order valence-electron chi connectivity index (χ3n) is 8.51. The van der Waals surface area contributed by atoms with Crippen molar-refractivity contribution in [3.8, 4) is 11.3 Å². The second-order valence-electron chi connectivity index (χ2n) is 10.7. The number of fused-ring (bicyclic) bond motifs is 5. The molecule has 0 radical (unpaired) electrons. The standard InChI is InChI=1S/C30H36ClN3O3/c31-23-8-10-25-26(20-23)33(13-12-32-11-4-17-37-18-16-32)14-15-34-27-19-22(30(35)36)7-9-24(27)28(29(25)34)21-5-2-1-3-6-21/h7-10,19-21H,1-6,11-18H2,(H,35,36). The lowest BCUT2D eigenvalue weighted by Crippen LogP contribution is -2.37. The van der Waals surface area contributed by atoms with E-state index in [4.69, 9.17) is 16.3 Å². The molecular formula is C30H36ClN3O3. The van der Waals surface area contributed by atoms with Gasteiger partial charge in [0.1, 0.15) is 0 Å². The first-order valence-electron chi connectivity index (χ1n) is 13.8. The zero-order chi connectivity index (χ0) is 25.4. The molecule has 0 unspecified atom stereocenters. The number of hydrogen-bond donors (Lipinski definition) is 1. The molecule has 1 N–H and O–H groups in total. The molecule has 0 amide bonds. The quantitative estimate of drug-likeness (QED) is 0.430. The fourth-order valence-corrected chi connectivity index (χ4v) is 6.83. The van der Waals surface area contributed by atoms with Gasteiger partial charge in [-0.2, -0.15) is 0 Å². The molecule has 1 saturated carbocycles. The Morgan fingerprint density at radius 3 is 2.65 bits per heavy atom. The fourth-order valence-electron chi connectivity index (χ4n) is 6.66. The van der Waals surface area contributed by atoms with Crippen molar-refractivity contribution in [1.29, 1.82) is 0 Å². The van der Waals surface area contributed by atoms with Gasteiger partial charge in [-0.15, -0.1) is 0 Å². The number of carbonyl (C=O) groups is 1. The topological polar surface area (TPSA) is 57.9 Å². The van der Waals surface area contributed by atoms with E-state index in [-0.39, 0.29) is 0 Å². The number of rotatable bonds is 5. The largest absolute Gasteiger partial charge is 0.478 e. The Morgan fingerprint density at radius 2 is 1.81 bits per heavy atom. The summed E-state index contributed by atoms with van der Waals surface area (Å²) >= 11 is 6.59. The molecule has 7 heteroatoms. The van der Waals surface area contributed by atoms with Gasteiger partial charge in [0.05, 0.1) is 17.9 Å². The van der Waals surface area contributed by atoms with Crippen molar-refractivity contribution in [2.24, 2.45) is 0 Å². The highest BCUT2D eigenvalue weighted by Gasteiger charge is 2.31. The molecule has 0 atom stereocenters. The van der Waals surface area contributed by atoms with E-state index in [1.807, 2.05) is 12.1 Å². The molecule has 37 heavy (non-hydrogen) atoms. The molecule has 3 heterocycles. The molecule has 1 saturated heterocycles. The van der Waals surface area contributed by atoms with E-state index in [1.54, 1.807) is 6.07 Å². The molecule has 0 spiro atoms. The van der Waals surface area contributed by atoms with Gasteiger partial charge in [0.15, 0.2) is 0 Å². The summed E-state index contributed by atoms with van der Waals surface area (Å²) in [7, 11) is 0. The van der Waals surface area contributed by atoms with Gasteiger partial charge in [-0.3, -0.25) is 4.90 Å². The van der Waals surface area contributed by atoms with E-state index in [1.165, 1.54) is 60.0 Å². The predicted octanol–water partition coefficient (Wildman–Crippen LogP) is 6.25. The van der Waals surface area contributed by atoms with Crippen molar-refractivity contribution in [2.75, 3.05) is 50.8 Å². The predicted molar refractivity (Wildman–Crippen MR) is 149 cm³/mol. The van der Waals surface area contributed by atoms with Gasteiger partial charge in [0.2, 0.25) is 0 Å². The van der Waals surface area contributed by atoms with Crippen molar-refractivity contribution in [1.82, 2.24) is 9.47 Å². The number of aromatic carboxylic acids is 1. The molecule has 3 aromatic rings. The van der Waals surface area contributed by atoms with Crippen molar-refractivity contribution in [2.45, 2.75) is 51.0 Å². The highest BCUT2D eigenvalue weighted by Crippen LogP contribution is 2.47. The third-order valence-corrected chi connectivity index (χ3v) is 8.75. The SMILES string of the molecule is O=C(O)c1ccc2c(C3CCCCC3)c3n(c2c1)CCN(CCN1CCCOCC1)c1cc(Cl)ccc1-3. The highest BCUT2D eigenvalue weighted by molar-refractivity contribution is 6.31. The van der Waals surface area contributed by atoms with Gasteiger partial charge in [-0.25, -0.2) is 4.79 Å². The number of benzene rings is 2. The molecule has 1 aliphatic carbocycles. The van der Waals surface area contributed by atoms with Gasteiger partial charge in [0.25, 0.3) is 0 Å². The zero-order valence-electron chi connectivity index (χ0n) is 21.4. The van der Waals surface area contributed by atoms with Crippen LogP contribution < -0.4 is 4.90 Å². The molecule has 2 fully saturated rings. The smallest absolute Gasteiger partial charge is 0.335 e. The summed E-state index contributed by atoms with van der Waals surface area (Å²) < 4.78 is 8.06. The van der Waals surface area contributed by atoms with Crippen LogP contribution >= 0.6 is 11.6 Å². The molecule has 6 rings (SSSR count). The average Bonchev–Trinajstić information content (AvgIpc) is 3.05. The van der Waals surface area contributed by atoms with E-state index in [9.17, 15) is 9.90 Å². The normalized spacial score (nSPS) is 19.3. The Bertz CT molecular complexity index is 1290. The lowest BCUT2D eigenvalue weighted by molar-refractivity contribution is 0.0697. The molecular weight excluding hydrogens is 486 g/mol. The average molecular weight is 522 g/mol. The summed E-state index contributed by atoms with van der Waals surface area (Å²) in [4.78, 5) is 16.9. The molecule has 1 aromatic heterocycles. The maximum atomic E-state index is 11.9. The van der Waals surface area contributed by atoms with E-state index in [0.29, 0.717) is 11.5 Å². The Morgan fingerprint density at radius 1 is 0.946 bits per heavy atom. The number of nitrogens with zero attached hydrogens (tertiary/aromatic N) is 3. The Kier molecular flexibility index (Phi) is 7.15. The molecule has 0 bridgehead atoms. The first-order chi connectivity index (χ1) is 18.1. The first-order valence-corrected chi connectivity index (χ1v) is 14.2. The zero-order valence-corrected chi connectivity index (χ0v) is 22.2. The minimum Gasteiger partial charge on any atom is -0.478 e. The van der Waals surface area contributed by atoms with Crippen LogP contribution in [0, 0.1) is 0 Å². The minimum absolute atomic E-state index is 0.351. The van der Waals surface area contributed by atoms with E-state index < -0.39 is 5.97 Å². The second kappa shape index (κ2) is 10.7. The Hall–Kier alpha value is -2.54. The highest BCUT2D eigenvalue weighted by atomic mass is 35.5. The summed E-state index contributed by atoms with van der Waals surface area (Å²) in [5, 5.41) is 11.7. The van der Waals surface area contributed by atoms with Gasteiger partial charge < -0.3 is 19.3 Å². The van der Waals surface area contributed by atoms with Crippen LogP contribution in [0.5, 0.6) is 0 Å². The van der Waals surface area contributed by atoms with E-state index in [0.717, 1.165) is 69.4 Å². The summed E-state index contributed by atoms with van der Waals surface area (Å²) in [6.07, 6.45) is 7.27. The van der Waals surface area contributed by atoms with Gasteiger partial charge >= 0.3 is 5.97 Å². The number of carboxylic acid groups (broad SMARTS) is 1. The number of aromatic nitrogens is 1. The Balaban J connectivity index is 1.46. The Labute approximate surface area is 223 Å². The third kappa shape index (κ3) is 4.87. The fraction of sp³-hybridized carbons (Fsp3) is 0.500. The summed E-state index contributed by atoms with van der Waals surface area (Å²) in [6.45, 7) is 7.29. The van der Waals surface area contributed by atoms with E-state index >= 15 is 0 Å². The number of halogens is 1. The molecule has 2 aromatic carbocycles. The number of hydrogen-bond acceptors (Lipinski definition) is 4. The minimum atomic E-state index is -0.875. The molecule has 196 valence electrons.